The zero-order chi connectivity index (χ0) is 12.8. The number of azide groups is 1. The summed E-state index contributed by atoms with van der Waals surface area (Å²) in [7, 11) is 0. The van der Waals surface area contributed by atoms with Gasteiger partial charge >= 0.3 is 0 Å². The van der Waals surface area contributed by atoms with Crippen LogP contribution >= 0.6 is 0 Å². The smallest absolute Gasteiger partial charge is 0.216 e. The van der Waals surface area contributed by atoms with Crippen molar-refractivity contribution in [3.8, 4) is 0 Å². The lowest BCUT2D eigenvalue weighted by Gasteiger charge is -2.22. The molecule has 1 aromatic carbocycles. The number of benzene rings is 1. The van der Waals surface area contributed by atoms with E-state index in [9.17, 15) is 4.79 Å². The molecule has 5 heteroatoms. The fraction of sp³-hybridized carbons (Fsp3) is 0.462. The van der Waals surface area contributed by atoms with Gasteiger partial charge in [-0.15, -0.1) is 0 Å². The van der Waals surface area contributed by atoms with E-state index in [0.29, 0.717) is 17.8 Å². The zero-order valence-electron chi connectivity index (χ0n) is 10.3. The molecule has 0 spiro atoms. The number of hydrogen-bond acceptors (Lipinski definition) is 2. The molecule has 94 valence electrons. The van der Waals surface area contributed by atoms with E-state index in [1.54, 1.807) is 24.3 Å². The summed E-state index contributed by atoms with van der Waals surface area (Å²) in [6, 6.07) is 6.82. The molecule has 1 saturated heterocycles. The molecule has 0 atom stereocenters. The normalized spacial score (nSPS) is 16.0. The molecule has 1 aromatic rings. The van der Waals surface area contributed by atoms with E-state index in [1.165, 1.54) is 24.2 Å². The number of nitrogens with zero attached hydrogens (tertiary/aromatic N) is 3. The Morgan fingerprint density at radius 3 is 2.50 bits per heavy atom. The molecule has 0 aromatic heterocycles. The average Bonchev–Trinajstić information content (AvgIpc) is 2.41. The second kappa shape index (κ2) is 6.19. The molecule has 0 bridgehead atoms. The Morgan fingerprint density at radius 1 is 1.22 bits per heavy atom. The Labute approximate surface area is 106 Å². The molecule has 1 N–H and O–H groups in total. The summed E-state index contributed by atoms with van der Waals surface area (Å²) in [6.07, 6.45) is 3.73. The van der Waals surface area contributed by atoms with Gasteiger partial charge in [-0.05, 0) is 24.8 Å². The zero-order valence-corrected chi connectivity index (χ0v) is 10.3. The standard InChI is InChI=1S/C13H16N4O/c14-16-15-12-6-4-11(5-7-12)13(18)10-17-8-2-1-3-9-17/h4-7H,1-3,8-10H2/p+1. The first-order valence-electron chi connectivity index (χ1n) is 6.31. The van der Waals surface area contributed by atoms with Crippen molar-refractivity contribution in [2.24, 2.45) is 5.11 Å². The number of ketones is 1. The van der Waals surface area contributed by atoms with Crippen LogP contribution in [0.4, 0.5) is 5.69 Å². The first-order chi connectivity index (χ1) is 8.79. The number of carbonyl (C=O) groups excluding carboxylic acids is 1. The van der Waals surface area contributed by atoms with Gasteiger partial charge in [0.2, 0.25) is 5.78 Å². The van der Waals surface area contributed by atoms with Crippen LogP contribution in [0.1, 0.15) is 29.6 Å². The van der Waals surface area contributed by atoms with Crippen molar-refractivity contribution in [3.05, 3.63) is 40.3 Å². The summed E-state index contributed by atoms with van der Waals surface area (Å²) in [4.78, 5) is 16.1. The maximum atomic E-state index is 12.1. The van der Waals surface area contributed by atoms with Gasteiger partial charge in [0, 0.05) is 16.2 Å². The highest BCUT2D eigenvalue weighted by Gasteiger charge is 2.18. The Kier molecular flexibility index (Phi) is 4.34. The van der Waals surface area contributed by atoms with Gasteiger partial charge < -0.3 is 4.90 Å². The Bertz CT molecular complexity index is 456. The molecule has 1 heterocycles. The van der Waals surface area contributed by atoms with E-state index < -0.39 is 0 Å². The van der Waals surface area contributed by atoms with Crippen molar-refractivity contribution in [1.29, 1.82) is 0 Å². The number of rotatable bonds is 4. The van der Waals surface area contributed by atoms with Gasteiger partial charge in [0.1, 0.15) is 6.54 Å². The van der Waals surface area contributed by atoms with Crippen LogP contribution in [0.5, 0.6) is 0 Å². The summed E-state index contributed by atoms with van der Waals surface area (Å²) in [5.74, 6) is 0.166. The number of nitrogens with one attached hydrogen (secondary N) is 1. The largest absolute Gasteiger partial charge is 0.328 e. The van der Waals surface area contributed by atoms with Crippen LogP contribution < -0.4 is 4.90 Å². The summed E-state index contributed by atoms with van der Waals surface area (Å²) < 4.78 is 0. The van der Waals surface area contributed by atoms with Gasteiger partial charge in [-0.1, -0.05) is 29.4 Å². The number of Topliss-reactive ketones (excluding diaryl/α,β-unsaturated/α-hetero) is 1. The van der Waals surface area contributed by atoms with Crippen molar-refractivity contribution < 1.29 is 9.69 Å². The van der Waals surface area contributed by atoms with Gasteiger partial charge in [0.05, 0.1) is 13.1 Å². The third kappa shape index (κ3) is 3.32. The van der Waals surface area contributed by atoms with Crippen LogP contribution in [0.15, 0.2) is 29.4 Å². The molecule has 2 rings (SSSR count). The minimum atomic E-state index is 0.166. The molecule has 1 fully saturated rings. The summed E-state index contributed by atoms with van der Waals surface area (Å²) in [6.45, 7) is 2.77. The molecule has 5 nitrogen and oxygen atoms in total. The molecule has 1 aliphatic rings. The van der Waals surface area contributed by atoms with Crippen LogP contribution in [0, 0.1) is 0 Å². The Hall–Kier alpha value is -1.84. The fourth-order valence-corrected chi connectivity index (χ4v) is 2.32. The first kappa shape index (κ1) is 12.6. The highest BCUT2D eigenvalue weighted by molar-refractivity contribution is 5.97. The van der Waals surface area contributed by atoms with Crippen molar-refractivity contribution in [1.82, 2.24) is 0 Å². The quantitative estimate of drug-likeness (QED) is 0.374. The maximum absolute atomic E-state index is 12.1. The van der Waals surface area contributed by atoms with Crippen molar-refractivity contribution in [2.45, 2.75) is 19.3 Å². The molecule has 18 heavy (non-hydrogen) atoms. The summed E-state index contributed by atoms with van der Waals surface area (Å²) in [5, 5.41) is 3.49. The van der Waals surface area contributed by atoms with Crippen molar-refractivity contribution in [3.63, 3.8) is 0 Å². The van der Waals surface area contributed by atoms with Crippen LogP contribution in [0.25, 0.3) is 10.4 Å². The number of quaternary nitrogens is 1. The number of piperidine rings is 1. The second-order valence-corrected chi connectivity index (χ2v) is 4.65. The molecule has 0 radical (unpaired) electrons. The predicted molar refractivity (Wildman–Crippen MR) is 69.0 cm³/mol. The fourth-order valence-electron chi connectivity index (χ4n) is 2.32. The maximum Gasteiger partial charge on any atom is 0.216 e. The molecule has 0 unspecified atom stereocenters. The van der Waals surface area contributed by atoms with E-state index in [0.717, 1.165) is 13.1 Å². The minimum Gasteiger partial charge on any atom is -0.328 e. The van der Waals surface area contributed by atoms with E-state index >= 15 is 0 Å². The number of likely N-dealkylation sites (tertiary alicyclic amines) is 1. The Balaban J connectivity index is 1.97. The van der Waals surface area contributed by atoms with Crippen molar-refractivity contribution in [2.75, 3.05) is 19.6 Å². The van der Waals surface area contributed by atoms with Crippen LogP contribution in [-0.2, 0) is 0 Å². The van der Waals surface area contributed by atoms with E-state index in [2.05, 4.69) is 10.0 Å². The van der Waals surface area contributed by atoms with E-state index in [4.69, 9.17) is 5.53 Å². The lowest BCUT2D eigenvalue weighted by molar-refractivity contribution is -0.896. The van der Waals surface area contributed by atoms with Gasteiger partial charge in [-0.3, -0.25) is 4.79 Å². The molecule has 0 amide bonds. The highest BCUT2D eigenvalue weighted by atomic mass is 16.1. The highest BCUT2D eigenvalue weighted by Crippen LogP contribution is 2.13. The SMILES string of the molecule is [N-]=[N+]=Nc1ccc(C(=O)C[NH+]2CCCCC2)cc1. The first-order valence-corrected chi connectivity index (χ1v) is 6.31. The topological polar surface area (TPSA) is 70.3 Å². The van der Waals surface area contributed by atoms with Gasteiger partial charge in [-0.2, -0.15) is 0 Å². The minimum absolute atomic E-state index is 0.166. The Morgan fingerprint density at radius 2 is 1.89 bits per heavy atom. The third-order valence-electron chi connectivity index (χ3n) is 3.32. The molecular weight excluding hydrogens is 228 g/mol. The van der Waals surface area contributed by atoms with Crippen molar-refractivity contribution >= 4 is 11.5 Å². The molecule has 1 aliphatic heterocycles. The molecule has 0 saturated carbocycles. The van der Waals surface area contributed by atoms with Gasteiger partial charge in [-0.25, -0.2) is 0 Å². The van der Waals surface area contributed by atoms with Gasteiger partial charge in [0.15, 0.2) is 0 Å². The van der Waals surface area contributed by atoms with Crippen LogP contribution in [-0.4, -0.2) is 25.4 Å². The number of carbonyl (C=O) groups is 1. The average molecular weight is 245 g/mol. The summed E-state index contributed by atoms with van der Waals surface area (Å²) >= 11 is 0. The van der Waals surface area contributed by atoms with E-state index in [-0.39, 0.29) is 5.78 Å². The predicted octanol–water partition coefficient (Wildman–Crippen LogP) is 1.88. The molecule has 0 aliphatic carbocycles. The van der Waals surface area contributed by atoms with Crippen LogP contribution in [0.3, 0.4) is 0 Å². The van der Waals surface area contributed by atoms with Crippen LogP contribution in [0.2, 0.25) is 0 Å². The molecular formula is C13H17N4O+. The lowest BCUT2D eigenvalue weighted by atomic mass is 10.1. The lowest BCUT2D eigenvalue weighted by Crippen LogP contribution is -3.13. The monoisotopic (exact) mass is 245 g/mol. The summed E-state index contributed by atoms with van der Waals surface area (Å²) in [5.41, 5.74) is 9.54. The van der Waals surface area contributed by atoms with Gasteiger partial charge in [0.25, 0.3) is 0 Å². The number of hydrogen-bond donors (Lipinski definition) is 1. The van der Waals surface area contributed by atoms with E-state index in [1.807, 2.05) is 0 Å². The second-order valence-electron chi connectivity index (χ2n) is 4.65. The third-order valence-corrected chi connectivity index (χ3v) is 3.32.